The zero-order chi connectivity index (χ0) is 16.8. The van der Waals surface area contributed by atoms with E-state index in [-0.39, 0.29) is 5.91 Å². The fourth-order valence-corrected chi connectivity index (χ4v) is 2.34. The summed E-state index contributed by atoms with van der Waals surface area (Å²) in [6.07, 6.45) is 3.27. The van der Waals surface area contributed by atoms with Crippen LogP contribution in [0.15, 0.2) is 41.1 Å². The number of hydrogen-bond donors (Lipinski definition) is 2. The molecule has 23 heavy (non-hydrogen) atoms. The number of nitrogens with one attached hydrogen (secondary N) is 2. The zero-order valence-electron chi connectivity index (χ0n) is 13.6. The van der Waals surface area contributed by atoms with Crippen molar-refractivity contribution in [2.75, 3.05) is 32.5 Å². The summed E-state index contributed by atoms with van der Waals surface area (Å²) in [6.45, 7) is 3.44. The van der Waals surface area contributed by atoms with Crippen molar-refractivity contribution in [1.82, 2.24) is 15.2 Å². The molecule has 1 aromatic heterocycles. The van der Waals surface area contributed by atoms with Crippen LogP contribution in [0.3, 0.4) is 0 Å². The summed E-state index contributed by atoms with van der Waals surface area (Å²) in [5.74, 6) is -0.118. The Morgan fingerprint density at radius 2 is 2.00 bits per heavy atom. The van der Waals surface area contributed by atoms with Gasteiger partial charge in [-0.25, -0.2) is 0 Å². The van der Waals surface area contributed by atoms with Crippen LogP contribution in [0.1, 0.15) is 15.9 Å². The molecule has 0 aliphatic carbocycles. The highest BCUT2D eigenvalue weighted by Crippen LogP contribution is 2.23. The second kappa shape index (κ2) is 8.08. The van der Waals surface area contributed by atoms with Crippen molar-refractivity contribution in [3.63, 3.8) is 0 Å². The van der Waals surface area contributed by atoms with Crippen molar-refractivity contribution in [1.29, 1.82) is 0 Å². The fraction of sp³-hybridized carbons (Fsp3) is 0.294. The summed E-state index contributed by atoms with van der Waals surface area (Å²) in [5, 5.41) is 6.14. The Hall–Kier alpha value is -1.92. The number of hydrogen-bond acceptors (Lipinski definition) is 4. The average molecular weight is 377 g/mol. The van der Waals surface area contributed by atoms with Gasteiger partial charge in [-0.3, -0.25) is 9.78 Å². The molecule has 1 aromatic carbocycles. The number of nitrogens with zero attached hydrogens (tertiary/aromatic N) is 2. The van der Waals surface area contributed by atoms with Crippen molar-refractivity contribution in [3.05, 3.63) is 52.3 Å². The summed E-state index contributed by atoms with van der Waals surface area (Å²) >= 11 is 3.51. The Bertz CT molecular complexity index is 688. The highest BCUT2D eigenvalue weighted by atomic mass is 79.9. The van der Waals surface area contributed by atoms with Crippen molar-refractivity contribution in [2.24, 2.45) is 0 Å². The maximum Gasteiger partial charge on any atom is 0.252 e. The molecule has 0 spiro atoms. The monoisotopic (exact) mass is 376 g/mol. The van der Waals surface area contributed by atoms with E-state index in [0.29, 0.717) is 12.1 Å². The highest BCUT2D eigenvalue weighted by Gasteiger charge is 2.07. The summed E-state index contributed by atoms with van der Waals surface area (Å²) in [6, 6.07) is 7.81. The molecule has 0 aliphatic heterocycles. The van der Waals surface area contributed by atoms with Gasteiger partial charge < -0.3 is 15.5 Å². The lowest BCUT2D eigenvalue weighted by Gasteiger charge is -2.11. The van der Waals surface area contributed by atoms with E-state index in [1.165, 1.54) is 5.56 Å². The van der Waals surface area contributed by atoms with Crippen LogP contribution in [0.2, 0.25) is 0 Å². The molecule has 0 atom stereocenters. The molecule has 2 N–H and O–H groups in total. The topological polar surface area (TPSA) is 57.3 Å². The standard InChI is InChI=1S/C17H21BrN4O/c1-12-4-5-14(9-16(12)18)21-15-8-13(10-19-11-15)17(23)20-6-7-22(2)3/h4-5,8-11,21H,6-7H2,1-3H3,(H,20,23). The number of pyridine rings is 1. The van der Waals surface area contributed by atoms with Gasteiger partial charge in [0.05, 0.1) is 17.4 Å². The van der Waals surface area contributed by atoms with E-state index in [2.05, 4.69) is 31.5 Å². The minimum absolute atomic E-state index is 0.118. The molecule has 0 aliphatic rings. The number of rotatable bonds is 6. The van der Waals surface area contributed by atoms with Gasteiger partial charge in [-0.15, -0.1) is 0 Å². The van der Waals surface area contributed by atoms with Crippen LogP contribution in [-0.2, 0) is 0 Å². The molecule has 1 heterocycles. The molecule has 0 saturated carbocycles. The molecule has 2 aromatic rings. The lowest BCUT2D eigenvalue weighted by molar-refractivity contribution is 0.0950. The first-order chi connectivity index (χ1) is 11.0. The quantitative estimate of drug-likeness (QED) is 0.812. The number of likely N-dealkylation sites (N-methyl/N-ethyl adjacent to an activating group) is 1. The number of aromatic nitrogens is 1. The Kier molecular flexibility index (Phi) is 6.12. The molecule has 0 radical (unpaired) electrons. The van der Waals surface area contributed by atoms with Gasteiger partial charge in [0.15, 0.2) is 0 Å². The Morgan fingerprint density at radius 3 is 2.70 bits per heavy atom. The molecule has 5 nitrogen and oxygen atoms in total. The average Bonchev–Trinajstić information content (AvgIpc) is 2.51. The van der Waals surface area contributed by atoms with Gasteiger partial charge >= 0.3 is 0 Å². The van der Waals surface area contributed by atoms with Gasteiger partial charge in [-0.1, -0.05) is 22.0 Å². The minimum atomic E-state index is -0.118. The number of halogens is 1. The van der Waals surface area contributed by atoms with E-state index >= 15 is 0 Å². The smallest absolute Gasteiger partial charge is 0.252 e. The Balaban J connectivity index is 2.04. The molecule has 2 rings (SSSR count). The molecule has 0 bridgehead atoms. The maximum absolute atomic E-state index is 12.1. The third-order valence-electron chi connectivity index (χ3n) is 3.31. The van der Waals surface area contributed by atoms with Crippen LogP contribution in [0.5, 0.6) is 0 Å². The molecular formula is C17H21BrN4O. The van der Waals surface area contributed by atoms with Crippen molar-refractivity contribution in [2.45, 2.75) is 6.92 Å². The van der Waals surface area contributed by atoms with Gasteiger partial charge in [0, 0.05) is 29.4 Å². The number of benzene rings is 1. The molecular weight excluding hydrogens is 356 g/mol. The van der Waals surface area contributed by atoms with E-state index in [0.717, 1.165) is 22.4 Å². The summed E-state index contributed by atoms with van der Waals surface area (Å²) < 4.78 is 1.04. The molecule has 0 unspecified atom stereocenters. The van der Waals surface area contributed by atoms with Gasteiger partial charge in [0.2, 0.25) is 0 Å². The number of carbonyl (C=O) groups is 1. The highest BCUT2D eigenvalue weighted by molar-refractivity contribution is 9.10. The largest absolute Gasteiger partial charge is 0.354 e. The number of carbonyl (C=O) groups excluding carboxylic acids is 1. The van der Waals surface area contributed by atoms with Gasteiger partial charge in [0.1, 0.15) is 0 Å². The van der Waals surface area contributed by atoms with Crippen LogP contribution in [0, 0.1) is 6.92 Å². The number of aryl methyl sites for hydroxylation is 1. The van der Waals surface area contributed by atoms with Gasteiger partial charge in [-0.05, 0) is 44.8 Å². The van der Waals surface area contributed by atoms with Crippen LogP contribution in [-0.4, -0.2) is 43.0 Å². The Labute approximate surface area is 145 Å². The minimum Gasteiger partial charge on any atom is -0.354 e. The maximum atomic E-state index is 12.1. The molecule has 0 fully saturated rings. The third kappa shape index (κ3) is 5.33. The van der Waals surface area contributed by atoms with E-state index in [1.54, 1.807) is 18.5 Å². The molecule has 1 amide bonds. The first kappa shape index (κ1) is 17.4. The third-order valence-corrected chi connectivity index (χ3v) is 4.16. The van der Waals surface area contributed by atoms with Crippen LogP contribution >= 0.6 is 15.9 Å². The summed E-state index contributed by atoms with van der Waals surface area (Å²) in [4.78, 5) is 18.3. The predicted molar refractivity (Wildman–Crippen MR) is 97.3 cm³/mol. The summed E-state index contributed by atoms with van der Waals surface area (Å²) in [7, 11) is 3.94. The van der Waals surface area contributed by atoms with E-state index in [1.807, 2.05) is 44.1 Å². The van der Waals surface area contributed by atoms with Gasteiger partial charge in [-0.2, -0.15) is 0 Å². The SMILES string of the molecule is Cc1ccc(Nc2cncc(C(=O)NCCN(C)C)c2)cc1Br. The zero-order valence-corrected chi connectivity index (χ0v) is 15.1. The first-order valence-electron chi connectivity index (χ1n) is 7.37. The lowest BCUT2D eigenvalue weighted by Crippen LogP contribution is -2.31. The first-order valence-corrected chi connectivity index (χ1v) is 8.16. The van der Waals surface area contributed by atoms with Crippen LogP contribution in [0.25, 0.3) is 0 Å². The van der Waals surface area contributed by atoms with Gasteiger partial charge in [0.25, 0.3) is 5.91 Å². The van der Waals surface area contributed by atoms with E-state index in [4.69, 9.17) is 0 Å². The Morgan fingerprint density at radius 1 is 1.22 bits per heavy atom. The van der Waals surface area contributed by atoms with E-state index < -0.39 is 0 Å². The lowest BCUT2D eigenvalue weighted by atomic mass is 10.2. The van der Waals surface area contributed by atoms with Crippen molar-refractivity contribution >= 4 is 33.2 Å². The second-order valence-electron chi connectivity index (χ2n) is 5.61. The predicted octanol–water partition coefficient (Wildman–Crippen LogP) is 3.19. The van der Waals surface area contributed by atoms with Crippen molar-refractivity contribution < 1.29 is 4.79 Å². The normalized spacial score (nSPS) is 10.7. The second-order valence-corrected chi connectivity index (χ2v) is 6.46. The van der Waals surface area contributed by atoms with Crippen molar-refractivity contribution in [3.8, 4) is 0 Å². The summed E-state index contributed by atoms with van der Waals surface area (Å²) in [5.41, 5.74) is 3.43. The van der Waals surface area contributed by atoms with E-state index in [9.17, 15) is 4.79 Å². The van der Waals surface area contributed by atoms with Crippen LogP contribution in [0.4, 0.5) is 11.4 Å². The molecule has 122 valence electrons. The number of anilines is 2. The molecule has 0 saturated heterocycles. The fourth-order valence-electron chi connectivity index (χ4n) is 1.96. The van der Waals surface area contributed by atoms with Crippen LogP contribution < -0.4 is 10.6 Å². The molecule has 6 heteroatoms. The number of amides is 1.